The standard InChI is InChI=1S/C4H10ClNO/c1-3-7-4(2)6-5/h4,6H,3H2,1-2H3. The van der Waals surface area contributed by atoms with Gasteiger partial charge in [-0.2, -0.15) is 0 Å². The van der Waals surface area contributed by atoms with Crippen molar-refractivity contribution < 1.29 is 4.74 Å². The second-order valence-corrected chi connectivity index (χ2v) is 1.42. The molecule has 1 N–H and O–H groups in total. The van der Waals surface area contributed by atoms with E-state index in [0.29, 0.717) is 6.61 Å². The third-order valence-electron chi connectivity index (χ3n) is 0.570. The molecule has 0 heterocycles. The van der Waals surface area contributed by atoms with E-state index in [1.807, 2.05) is 13.8 Å². The van der Waals surface area contributed by atoms with Crippen LogP contribution in [0.4, 0.5) is 0 Å². The Morgan fingerprint density at radius 1 is 1.86 bits per heavy atom. The Hall–Kier alpha value is 0.210. The largest absolute Gasteiger partial charge is 0.363 e. The molecular weight excluding hydrogens is 114 g/mol. The lowest BCUT2D eigenvalue weighted by atomic mass is 10.7. The summed E-state index contributed by atoms with van der Waals surface area (Å²) in [6.07, 6.45) is -0.0355. The molecule has 7 heavy (non-hydrogen) atoms. The molecule has 0 saturated heterocycles. The van der Waals surface area contributed by atoms with E-state index >= 15 is 0 Å². The monoisotopic (exact) mass is 123 g/mol. The number of hydrogen-bond donors (Lipinski definition) is 1. The average molecular weight is 124 g/mol. The first-order valence-electron chi connectivity index (χ1n) is 2.29. The molecule has 0 aromatic heterocycles. The van der Waals surface area contributed by atoms with Gasteiger partial charge in [-0.15, -0.1) is 0 Å². The molecule has 0 spiro atoms. The van der Waals surface area contributed by atoms with Crippen LogP contribution in [0.1, 0.15) is 13.8 Å². The molecule has 0 aromatic rings. The predicted molar refractivity (Wildman–Crippen MR) is 30.1 cm³/mol. The molecule has 0 saturated carbocycles. The molecule has 0 fully saturated rings. The van der Waals surface area contributed by atoms with E-state index in [9.17, 15) is 0 Å². The second-order valence-electron chi connectivity index (χ2n) is 1.21. The van der Waals surface area contributed by atoms with Gasteiger partial charge in [0.1, 0.15) is 6.23 Å². The van der Waals surface area contributed by atoms with Crippen LogP contribution in [0.15, 0.2) is 0 Å². The molecule has 0 aliphatic carbocycles. The highest BCUT2D eigenvalue weighted by atomic mass is 35.5. The maximum atomic E-state index is 5.16. The van der Waals surface area contributed by atoms with Gasteiger partial charge in [0.25, 0.3) is 0 Å². The van der Waals surface area contributed by atoms with Crippen LogP contribution in [0.25, 0.3) is 0 Å². The fraction of sp³-hybridized carbons (Fsp3) is 1.00. The normalized spacial score (nSPS) is 14.1. The Balaban J connectivity index is 2.83. The summed E-state index contributed by atoms with van der Waals surface area (Å²) in [6.45, 7) is 4.46. The van der Waals surface area contributed by atoms with E-state index in [4.69, 9.17) is 16.5 Å². The van der Waals surface area contributed by atoms with Crippen LogP contribution in [-0.4, -0.2) is 12.8 Å². The van der Waals surface area contributed by atoms with Gasteiger partial charge in [-0.05, 0) is 25.6 Å². The third-order valence-corrected chi connectivity index (χ3v) is 0.878. The van der Waals surface area contributed by atoms with Crippen molar-refractivity contribution in [2.75, 3.05) is 6.61 Å². The fourth-order valence-electron chi connectivity index (χ4n) is 0.281. The lowest BCUT2D eigenvalue weighted by Gasteiger charge is -2.05. The molecule has 0 aromatic carbocycles. The number of nitrogens with one attached hydrogen (secondary N) is 1. The summed E-state index contributed by atoms with van der Waals surface area (Å²) in [5.41, 5.74) is 0. The van der Waals surface area contributed by atoms with Crippen molar-refractivity contribution in [2.24, 2.45) is 0 Å². The van der Waals surface area contributed by atoms with E-state index in [-0.39, 0.29) is 6.23 Å². The molecule has 0 radical (unpaired) electrons. The SMILES string of the molecule is CCOC(C)NCl. The van der Waals surface area contributed by atoms with Gasteiger partial charge in [-0.1, -0.05) is 0 Å². The first-order chi connectivity index (χ1) is 3.31. The molecule has 0 amide bonds. The number of halogens is 1. The average Bonchev–Trinajstić information content (AvgIpc) is 1.68. The molecule has 1 atom stereocenters. The van der Waals surface area contributed by atoms with Crippen molar-refractivity contribution in [3.63, 3.8) is 0 Å². The highest BCUT2D eigenvalue weighted by Gasteiger charge is 1.91. The van der Waals surface area contributed by atoms with Gasteiger partial charge in [-0.25, -0.2) is 4.84 Å². The van der Waals surface area contributed by atoms with E-state index in [0.717, 1.165) is 0 Å². The van der Waals surface area contributed by atoms with Gasteiger partial charge >= 0.3 is 0 Å². The topological polar surface area (TPSA) is 21.3 Å². The van der Waals surface area contributed by atoms with Crippen molar-refractivity contribution in [3.05, 3.63) is 0 Å². The van der Waals surface area contributed by atoms with Gasteiger partial charge in [-0.3, -0.25) is 0 Å². The minimum Gasteiger partial charge on any atom is -0.363 e. The van der Waals surface area contributed by atoms with Crippen LogP contribution in [0, 0.1) is 0 Å². The molecular formula is C4H10ClNO. The van der Waals surface area contributed by atoms with Crippen LogP contribution in [0.5, 0.6) is 0 Å². The van der Waals surface area contributed by atoms with E-state index in [1.54, 1.807) is 0 Å². The summed E-state index contributed by atoms with van der Waals surface area (Å²) in [5, 5.41) is 0. The Morgan fingerprint density at radius 3 is 2.57 bits per heavy atom. The minimum atomic E-state index is -0.0355. The van der Waals surface area contributed by atoms with Crippen molar-refractivity contribution in [1.29, 1.82) is 0 Å². The van der Waals surface area contributed by atoms with E-state index < -0.39 is 0 Å². The maximum absolute atomic E-state index is 5.16. The zero-order valence-corrected chi connectivity index (χ0v) is 5.33. The first kappa shape index (κ1) is 7.21. The quantitative estimate of drug-likeness (QED) is 0.449. The van der Waals surface area contributed by atoms with Crippen LogP contribution in [-0.2, 0) is 4.74 Å². The maximum Gasteiger partial charge on any atom is 0.118 e. The summed E-state index contributed by atoms with van der Waals surface area (Å²) in [7, 11) is 0. The first-order valence-corrected chi connectivity index (χ1v) is 2.66. The van der Waals surface area contributed by atoms with Gasteiger partial charge in [0.05, 0.1) is 0 Å². The summed E-state index contributed by atoms with van der Waals surface area (Å²) in [5.74, 6) is 0. The Labute approximate surface area is 48.9 Å². The number of hydrogen-bond acceptors (Lipinski definition) is 2. The smallest absolute Gasteiger partial charge is 0.118 e. The summed E-state index contributed by atoms with van der Waals surface area (Å²) in [6, 6.07) is 0. The predicted octanol–water partition coefficient (Wildman–Crippen LogP) is 1.11. The van der Waals surface area contributed by atoms with E-state index in [2.05, 4.69) is 4.84 Å². The van der Waals surface area contributed by atoms with Crippen LogP contribution in [0.3, 0.4) is 0 Å². The molecule has 0 aliphatic rings. The van der Waals surface area contributed by atoms with Crippen molar-refractivity contribution >= 4 is 11.8 Å². The van der Waals surface area contributed by atoms with Crippen LogP contribution >= 0.6 is 11.8 Å². The molecule has 3 heteroatoms. The molecule has 2 nitrogen and oxygen atoms in total. The second kappa shape index (κ2) is 4.37. The molecule has 0 aliphatic heterocycles. The number of ether oxygens (including phenoxy) is 1. The summed E-state index contributed by atoms with van der Waals surface area (Å²) >= 11 is 5.16. The van der Waals surface area contributed by atoms with Gasteiger partial charge in [0, 0.05) is 6.61 Å². The summed E-state index contributed by atoms with van der Waals surface area (Å²) < 4.78 is 4.95. The Morgan fingerprint density at radius 2 is 2.43 bits per heavy atom. The molecule has 44 valence electrons. The third kappa shape index (κ3) is 4.05. The molecule has 0 bridgehead atoms. The summed E-state index contributed by atoms with van der Waals surface area (Å²) in [4.78, 5) is 2.42. The zero-order chi connectivity index (χ0) is 5.70. The highest BCUT2D eigenvalue weighted by molar-refractivity contribution is 6.13. The number of rotatable bonds is 3. The lowest BCUT2D eigenvalue weighted by Crippen LogP contribution is -2.19. The van der Waals surface area contributed by atoms with E-state index in [1.165, 1.54) is 0 Å². The van der Waals surface area contributed by atoms with Crippen molar-refractivity contribution in [2.45, 2.75) is 20.1 Å². The fourth-order valence-corrected chi connectivity index (χ4v) is 0.344. The highest BCUT2D eigenvalue weighted by Crippen LogP contribution is 1.83. The van der Waals surface area contributed by atoms with Crippen molar-refractivity contribution in [1.82, 2.24) is 4.84 Å². The van der Waals surface area contributed by atoms with Gasteiger partial charge < -0.3 is 4.74 Å². The van der Waals surface area contributed by atoms with Crippen LogP contribution in [0.2, 0.25) is 0 Å². The minimum absolute atomic E-state index is 0.0355. The van der Waals surface area contributed by atoms with Crippen molar-refractivity contribution in [3.8, 4) is 0 Å². The van der Waals surface area contributed by atoms with Crippen LogP contribution < -0.4 is 4.84 Å². The zero-order valence-electron chi connectivity index (χ0n) is 4.57. The Bertz CT molecular complexity index is 42.7. The van der Waals surface area contributed by atoms with Gasteiger partial charge in [0.2, 0.25) is 0 Å². The lowest BCUT2D eigenvalue weighted by molar-refractivity contribution is 0.0694. The molecule has 0 rings (SSSR count). The Kier molecular flexibility index (Phi) is 4.50. The molecule has 1 unspecified atom stereocenters. The van der Waals surface area contributed by atoms with Gasteiger partial charge in [0.15, 0.2) is 0 Å².